The Morgan fingerprint density at radius 1 is 1.23 bits per heavy atom. The van der Waals surface area contributed by atoms with Crippen LogP contribution in [0.25, 0.3) is 5.65 Å². The van der Waals surface area contributed by atoms with Gasteiger partial charge in [-0.05, 0) is 37.8 Å². The number of carbonyl (C=O) groups is 3. The molecule has 1 saturated heterocycles. The number of amides is 2. The van der Waals surface area contributed by atoms with Crippen molar-refractivity contribution in [1.29, 1.82) is 5.41 Å². The summed E-state index contributed by atoms with van der Waals surface area (Å²) in [7, 11) is 0. The number of aliphatic carboxylic acids is 1. The van der Waals surface area contributed by atoms with Crippen LogP contribution in [0.1, 0.15) is 57.7 Å². The van der Waals surface area contributed by atoms with Crippen LogP contribution in [-0.4, -0.2) is 73.3 Å². The SMILES string of the molecule is Cl.N=C(N)NCCCCC(NC(=O)c1csc([C@@H]2C[C@@H](N)CN2C(=O)c2cn3cc(Cl)ccc3n2)n1)C(=O)O. The summed E-state index contributed by atoms with van der Waals surface area (Å²) in [6.45, 7) is 0.741. The lowest BCUT2D eigenvalue weighted by Crippen LogP contribution is -2.41. The molecule has 39 heavy (non-hydrogen) atoms. The van der Waals surface area contributed by atoms with E-state index in [1.165, 1.54) is 11.3 Å². The highest BCUT2D eigenvalue weighted by atomic mass is 35.5. The number of carboxylic acids is 1. The van der Waals surface area contributed by atoms with Crippen molar-refractivity contribution < 1.29 is 19.5 Å². The summed E-state index contributed by atoms with van der Waals surface area (Å²) in [5.74, 6) is -2.23. The molecule has 1 aliphatic heterocycles. The molecule has 0 radical (unpaired) electrons. The molecule has 1 unspecified atom stereocenters. The lowest BCUT2D eigenvalue weighted by molar-refractivity contribution is -0.139. The molecule has 0 spiro atoms. The third-order valence-electron chi connectivity index (χ3n) is 6.11. The molecule has 16 heteroatoms. The summed E-state index contributed by atoms with van der Waals surface area (Å²) < 4.78 is 1.67. The minimum atomic E-state index is -1.15. The second kappa shape index (κ2) is 13.1. The van der Waals surface area contributed by atoms with E-state index in [2.05, 4.69) is 20.6 Å². The van der Waals surface area contributed by atoms with Gasteiger partial charge in [-0.3, -0.25) is 15.0 Å². The van der Waals surface area contributed by atoms with Crippen LogP contribution < -0.4 is 22.1 Å². The summed E-state index contributed by atoms with van der Waals surface area (Å²) in [5, 5.41) is 24.4. The summed E-state index contributed by atoms with van der Waals surface area (Å²) in [5.41, 5.74) is 12.3. The summed E-state index contributed by atoms with van der Waals surface area (Å²) in [6, 6.07) is 1.60. The Kier molecular flexibility index (Phi) is 10.1. The van der Waals surface area contributed by atoms with Gasteiger partial charge in [-0.25, -0.2) is 14.8 Å². The van der Waals surface area contributed by atoms with E-state index in [4.69, 9.17) is 28.5 Å². The lowest BCUT2D eigenvalue weighted by Gasteiger charge is -2.21. The number of thiazole rings is 1. The van der Waals surface area contributed by atoms with Gasteiger partial charge in [-0.2, -0.15) is 0 Å². The van der Waals surface area contributed by atoms with Crippen LogP contribution in [0, 0.1) is 5.41 Å². The maximum Gasteiger partial charge on any atom is 0.326 e. The second-order valence-electron chi connectivity index (χ2n) is 8.98. The van der Waals surface area contributed by atoms with Crippen molar-refractivity contribution in [3.63, 3.8) is 0 Å². The van der Waals surface area contributed by atoms with Gasteiger partial charge in [0.1, 0.15) is 28.1 Å². The number of rotatable bonds is 10. The maximum atomic E-state index is 13.3. The molecule has 3 aromatic rings. The van der Waals surface area contributed by atoms with E-state index < -0.39 is 24.0 Å². The normalized spacial score (nSPS) is 17.4. The van der Waals surface area contributed by atoms with Gasteiger partial charge in [0.05, 0.1) is 11.1 Å². The average molecular weight is 599 g/mol. The van der Waals surface area contributed by atoms with Gasteiger partial charge >= 0.3 is 5.97 Å². The molecule has 1 fully saturated rings. The number of carboxylic acid groups (broad SMARTS) is 1. The quantitative estimate of drug-likeness (QED) is 0.114. The summed E-state index contributed by atoms with van der Waals surface area (Å²) in [6.07, 6.45) is 5.03. The zero-order valence-corrected chi connectivity index (χ0v) is 23.1. The van der Waals surface area contributed by atoms with Crippen LogP contribution in [0.4, 0.5) is 0 Å². The van der Waals surface area contributed by atoms with Crippen molar-refractivity contribution in [2.45, 2.75) is 43.8 Å². The predicted octanol–water partition coefficient (Wildman–Crippen LogP) is 1.62. The van der Waals surface area contributed by atoms with Crippen LogP contribution in [-0.2, 0) is 4.79 Å². The highest BCUT2D eigenvalue weighted by Crippen LogP contribution is 2.34. The third kappa shape index (κ3) is 7.35. The maximum absolute atomic E-state index is 13.3. The number of aromatic nitrogens is 3. The van der Waals surface area contributed by atoms with Crippen LogP contribution in [0.5, 0.6) is 0 Å². The van der Waals surface area contributed by atoms with Gasteiger partial charge < -0.3 is 36.5 Å². The van der Waals surface area contributed by atoms with Crippen LogP contribution in [0.2, 0.25) is 5.02 Å². The fraction of sp³-hybridized carbons (Fsp3) is 0.391. The van der Waals surface area contributed by atoms with Crippen molar-refractivity contribution in [2.24, 2.45) is 11.5 Å². The molecule has 1 aliphatic rings. The number of halogens is 2. The predicted molar refractivity (Wildman–Crippen MR) is 149 cm³/mol. The Bertz CT molecular complexity index is 1360. The summed E-state index contributed by atoms with van der Waals surface area (Å²) in [4.78, 5) is 48.2. The Morgan fingerprint density at radius 3 is 2.72 bits per heavy atom. The van der Waals surface area contributed by atoms with Crippen molar-refractivity contribution in [3.8, 4) is 0 Å². The van der Waals surface area contributed by atoms with E-state index in [0.717, 1.165) is 0 Å². The zero-order chi connectivity index (χ0) is 27.4. The van der Waals surface area contributed by atoms with Gasteiger partial charge in [-0.15, -0.1) is 23.7 Å². The molecule has 210 valence electrons. The van der Waals surface area contributed by atoms with E-state index in [0.29, 0.717) is 48.0 Å². The first kappa shape index (κ1) is 30.1. The van der Waals surface area contributed by atoms with Crippen LogP contribution in [0.3, 0.4) is 0 Å². The second-order valence-corrected chi connectivity index (χ2v) is 10.3. The van der Waals surface area contributed by atoms with E-state index >= 15 is 0 Å². The molecular weight excluding hydrogens is 569 g/mol. The average Bonchev–Trinajstić information content (AvgIpc) is 3.59. The van der Waals surface area contributed by atoms with Gasteiger partial charge in [0, 0.05) is 36.9 Å². The largest absolute Gasteiger partial charge is 0.480 e. The Hall–Kier alpha value is -3.46. The molecule has 4 heterocycles. The van der Waals surface area contributed by atoms with E-state index in [9.17, 15) is 19.5 Å². The number of imidazole rings is 1. The first-order valence-electron chi connectivity index (χ1n) is 11.9. The number of nitrogens with one attached hydrogen (secondary N) is 3. The van der Waals surface area contributed by atoms with E-state index in [-0.39, 0.29) is 48.1 Å². The van der Waals surface area contributed by atoms with Crippen molar-refractivity contribution in [1.82, 2.24) is 29.9 Å². The summed E-state index contributed by atoms with van der Waals surface area (Å²) >= 11 is 7.25. The van der Waals surface area contributed by atoms with Crippen LogP contribution >= 0.6 is 35.3 Å². The molecule has 8 N–H and O–H groups in total. The van der Waals surface area contributed by atoms with Crippen molar-refractivity contribution >= 4 is 64.7 Å². The third-order valence-corrected chi connectivity index (χ3v) is 7.28. The Morgan fingerprint density at radius 2 is 2.00 bits per heavy atom. The molecule has 13 nitrogen and oxygen atoms in total. The molecule has 3 atom stereocenters. The number of nitrogens with zero attached hydrogens (tertiary/aromatic N) is 4. The van der Waals surface area contributed by atoms with Gasteiger partial charge in [-0.1, -0.05) is 11.6 Å². The number of nitrogens with two attached hydrogens (primary N) is 2. The molecule has 0 aliphatic carbocycles. The molecule has 0 saturated carbocycles. The molecular formula is C23H29Cl2N9O4S. The Balaban J connectivity index is 0.00000420. The number of fused-ring (bicyclic) bond motifs is 1. The number of carbonyl (C=O) groups excluding carboxylic acids is 2. The van der Waals surface area contributed by atoms with Crippen LogP contribution in [0.15, 0.2) is 29.9 Å². The number of guanidine groups is 1. The zero-order valence-electron chi connectivity index (χ0n) is 20.7. The number of hydrogen-bond acceptors (Lipinski definition) is 8. The minimum absolute atomic E-state index is 0. The highest BCUT2D eigenvalue weighted by molar-refractivity contribution is 7.09. The number of pyridine rings is 1. The van der Waals surface area contributed by atoms with Gasteiger partial charge in [0.15, 0.2) is 5.96 Å². The smallest absolute Gasteiger partial charge is 0.326 e. The lowest BCUT2D eigenvalue weighted by atomic mass is 10.1. The number of hydrogen-bond donors (Lipinski definition) is 6. The first-order valence-corrected chi connectivity index (χ1v) is 13.2. The molecule has 4 rings (SSSR count). The highest BCUT2D eigenvalue weighted by Gasteiger charge is 2.38. The van der Waals surface area contributed by atoms with E-state index in [1.54, 1.807) is 39.2 Å². The Labute approximate surface area is 238 Å². The standard InChI is InChI=1S/C23H28ClN9O4S.ClH/c24-12-4-5-18-29-15(10-32(18)8-12)21(35)33-9-13(25)7-17(33)20-31-16(11-38-20)19(34)30-14(22(36)37)3-1-2-6-28-23(26)27;/h4-5,8,10-11,13-14,17H,1-3,6-7,9,25H2,(H,30,34)(H,36,37)(H4,26,27,28);1H/t13-,14?,17+;/m1./s1. The molecule has 0 aromatic carbocycles. The molecule has 2 amide bonds. The minimum Gasteiger partial charge on any atom is -0.480 e. The number of likely N-dealkylation sites (tertiary alicyclic amines) is 1. The van der Waals surface area contributed by atoms with Crippen molar-refractivity contribution in [3.05, 3.63) is 51.3 Å². The first-order chi connectivity index (χ1) is 18.1. The fourth-order valence-corrected chi connectivity index (χ4v) is 5.36. The van der Waals surface area contributed by atoms with Gasteiger partial charge in [0.2, 0.25) is 0 Å². The topological polar surface area (TPSA) is 205 Å². The van der Waals surface area contributed by atoms with Gasteiger partial charge in [0.25, 0.3) is 11.8 Å². The monoisotopic (exact) mass is 597 g/mol. The van der Waals surface area contributed by atoms with E-state index in [1.807, 2.05) is 0 Å². The molecule has 3 aromatic heterocycles. The van der Waals surface area contributed by atoms with Crippen molar-refractivity contribution in [2.75, 3.05) is 13.1 Å². The fourth-order valence-electron chi connectivity index (χ4n) is 4.27. The molecule has 0 bridgehead atoms. The number of unbranched alkanes of at least 4 members (excludes halogenated alkanes) is 1.